The Morgan fingerprint density at radius 2 is 1.79 bits per heavy atom. The summed E-state index contributed by atoms with van der Waals surface area (Å²) in [7, 11) is -4.25. The maximum absolute atomic E-state index is 13.2. The molecule has 160 valence electrons. The summed E-state index contributed by atoms with van der Waals surface area (Å²) in [5.74, 6) is 1.47. The molecule has 3 rings (SSSR count). The van der Waals surface area contributed by atoms with Crippen molar-refractivity contribution in [2.45, 2.75) is 37.9 Å². The Balaban J connectivity index is 1.65. The fourth-order valence-corrected chi connectivity index (χ4v) is 4.82. The van der Waals surface area contributed by atoms with E-state index in [-0.39, 0.29) is 13.1 Å². The van der Waals surface area contributed by atoms with Gasteiger partial charge in [0.15, 0.2) is 5.82 Å². The number of benzene rings is 1. The summed E-state index contributed by atoms with van der Waals surface area (Å²) in [4.78, 5) is 5.55. The molecule has 7 nitrogen and oxygen atoms in total. The Labute approximate surface area is 167 Å². The van der Waals surface area contributed by atoms with Gasteiger partial charge >= 0.3 is 6.18 Å². The average molecular weight is 432 g/mol. The van der Waals surface area contributed by atoms with E-state index in [0.717, 1.165) is 16.4 Å². The molecule has 2 aromatic rings. The third-order valence-electron chi connectivity index (χ3n) is 4.60. The molecular weight excluding hydrogens is 409 g/mol. The van der Waals surface area contributed by atoms with Gasteiger partial charge in [-0.05, 0) is 18.1 Å². The van der Waals surface area contributed by atoms with Crippen LogP contribution in [0.15, 0.2) is 33.7 Å². The highest BCUT2D eigenvalue weighted by molar-refractivity contribution is 7.89. The predicted octanol–water partition coefficient (Wildman–Crippen LogP) is 2.79. The van der Waals surface area contributed by atoms with Crippen LogP contribution in [-0.4, -0.2) is 53.9 Å². The second kappa shape index (κ2) is 8.41. The first-order valence-electron chi connectivity index (χ1n) is 9.27. The first kappa shape index (κ1) is 21.7. The number of nitrogens with zero attached hydrogens (tertiary/aromatic N) is 4. The molecule has 0 aliphatic carbocycles. The average Bonchev–Trinajstić information content (AvgIpc) is 3.07. The van der Waals surface area contributed by atoms with Crippen molar-refractivity contribution in [3.05, 3.63) is 41.5 Å². The third-order valence-corrected chi connectivity index (χ3v) is 6.56. The molecule has 1 aliphatic heterocycles. The van der Waals surface area contributed by atoms with Crippen LogP contribution in [0.4, 0.5) is 13.2 Å². The quantitative estimate of drug-likeness (QED) is 0.699. The first-order valence-corrected chi connectivity index (χ1v) is 10.7. The summed E-state index contributed by atoms with van der Waals surface area (Å²) >= 11 is 0. The molecule has 0 spiro atoms. The van der Waals surface area contributed by atoms with Crippen molar-refractivity contribution in [3.63, 3.8) is 0 Å². The van der Waals surface area contributed by atoms with Crippen molar-refractivity contribution >= 4 is 10.0 Å². The zero-order valence-corrected chi connectivity index (χ0v) is 17.0. The highest BCUT2D eigenvalue weighted by atomic mass is 32.2. The van der Waals surface area contributed by atoms with Crippen molar-refractivity contribution in [3.8, 4) is 0 Å². The highest BCUT2D eigenvalue weighted by Gasteiger charge is 2.39. The summed E-state index contributed by atoms with van der Waals surface area (Å²) in [5, 5.41) is 3.92. The van der Waals surface area contributed by atoms with Gasteiger partial charge in [-0.2, -0.15) is 22.5 Å². The smallest absolute Gasteiger partial charge is 0.338 e. The summed E-state index contributed by atoms with van der Waals surface area (Å²) in [6, 6.07) is 4.26. The van der Waals surface area contributed by atoms with E-state index in [0.29, 0.717) is 43.7 Å². The number of hydrogen-bond acceptors (Lipinski definition) is 6. The van der Waals surface area contributed by atoms with Crippen LogP contribution in [0.1, 0.15) is 31.1 Å². The summed E-state index contributed by atoms with van der Waals surface area (Å²) in [6.45, 7) is 5.35. The standard InChI is InChI=1S/C18H23F3N4O3S/c1-13(2)11-16-22-17(28-23-16)12-24-7-9-25(10-8-24)29(26,27)15-6-4-3-5-14(15)18(19,20)21/h3-6,13H,7-12H2,1-2H3. The molecule has 1 saturated heterocycles. The van der Waals surface area contributed by atoms with Gasteiger partial charge in [0.1, 0.15) is 0 Å². The maximum atomic E-state index is 13.2. The maximum Gasteiger partial charge on any atom is 0.417 e. The van der Waals surface area contributed by atoms with Gasteiger partial charge in [0.2, 0.25) is 15.9 Å². The number of sulfonamides is 1. The largest absolute Gasteiger partial charge is 0.417 e. The van der Waals surface area contributed by atoms with E-state index >= 15 is 0 Å². The van der Waals surface area contributed by atoms with Gasteiger partial charge in [-0.1, -0.05) is 31.1 Å². The van der Waals surface area contributed by atoms with E-state index in [4.69, 9.17) is 4.52 Å². The van der Waals surface area contributed by atoms with Gasteiger partial charge in [-0.3, -0.25) is 4.90 Å². The molecule has 1 fully saturated rings. The molecule has 0 amide bonds. The molecule has 1 aromatic heterocycles. The second-order valence-corrected chi connectivity index (χ2v) is 9.28. The van der Waals surface area contributed by atoms with E-state index < -0.39 is 26.7 Å². The Hall–Kier alpha value is -1.98. The number of alkyl halides is 3. The number of piperazine rings is 1. The fourth-order valence-electron chi connectivity index (χ4n) is 3.19. The molecular formula is C18H23F3N4O3S. The van der Waals surface area contributed by atoms with Crippen molar-refractivity contribution in [2.75, 3.05) is 26.2 Å². The van der Waals surface area contributed by atoms with Gasteiger partial charge in [-0.15, -0.1) is 0 Å². The monoisotopic (exact) mass is 432 g/mol. The molecule has 1 aliphatic rings. The minimum absolute atomic E-state index is 0.0848. The van der Waals surface area contributed by atoms with E-state index in [9.17, 15) is 21.6 Å². The lowest BCUT2D eigenvalue weighted by Gasteiger charge is -2.33. The lowest BCUT2D eigenvalue weighted by Crippen LogP contribution is -2.48. The van der Waals surface area contributed by atoms with E-state index in [1.165, 1.54) is 12.1 Å². The molecule has 1 aromatic carbocycles. The van der Waals surface area contributed by atoms with Crippen LogP contribution in [0.2, 0.25) is 0 Å². The molecule has 2 heterocycles. The predicted molar refractivity (Wildman–Crippen MR) is 98.3 cm³/mol. The second-order valence-electron chi connectivity index (χ2n) is 7.38. The molecule has 0 atom stereocenters. The lowest BCUT2D eigenvalue weighted by atomic mass is 10.1. The summed E-state index contributed by atoms with van der Waals surface area (Å²) in [5.41, 5.74) is -1.15. The Bertz CT molecular complexity index is 936. The normalized spacial score (nSPS) is 17.2. The zero-order chi connectivity index (χ0) is 21.2. The Morgan fingerprint density at radius 3 is 2.41 bits per heavy atom. The minimum Gasteiger partial charge on any atom is -0.338 e. The van der Waals surface area contributed by atoms with Crippen molar-refractivity contribution in [1.82, 2.24) is 19.3 Å². The first-order chi connectivity index (χ1) is 13.6. The SMILES string of the molecule is CC(C)Cc1noc(CN2CCN(S(=O)(=O)c3ccccc3C(F)(F)F)CC2)n1. The highest BCUT2D eigenvalue weighted by Crippen LogP contribution is 2.35. The van der Waals surface area contributed by atoms with Gasteiger partial charge in [0, 0.05) is 32.6 Å². The zero-order valence-electron chi connectivity index (χ0n) is 16.2. The van der Waals surface area contributed by atoms with E-state index in [1.807, 2.05) is 18.7 Å². The van der Waals surface area contributed by atoms with Gasteiger partial charge in [0.25, 0.3) is 0 Å². The molecule has 0 saturated carbocycles. The van der Waals surface area contributed by atoms with Gasteiger partial charge in [-0.25, -0.2) is 8.42 Å². The minimum atomic E-state index is -4.74. The van der Waals surface area contributed by atoms with Crippen LogP contribution in [0.25, 0.3) is 0 Å². The summed E-state index contributed by atoms with van der Waals surface area (Å²) < 4.78 is 71.5. The number of halogens is 3. The molecule has 0 bridgehead atoms. The fraction of sp³-hybridized carbons (Fsp3) is 0.556. The van der Waals surface area contributed by atoms with E-state index in [1.54, 1.807) is 0 Å². The molecule has 29 heavy (non-hydrogen) atoms. The number of rotatable bonds is 6. The Kier molecular flexibility index (Phi) is 6.30. The number of aromatic nitrogens is 2. The Morgan fingerprint density at radius 1 is 1.14 bits per heavy atom. The van der Waals surface area contributed by atoms with Crippen LogP contribution >= 0.6 is 0 Å². The van der Waals surface area contributed by atoms with Crippen LogP contribution < -0.4 is 0 Å². The molecule has 0 unspecified atom stereocenters. The van der Waals surface area contributed by atoms with Crippen molar-refractivity contribution < 1.29 is 26.1 Å². The van der Waals surface area contributed by atoms with Crippen LogP contribution in [0.5, 0.6) is 0 Å². The topological polar surface area (TPSA) is 79.5 Å². The van der Waals surface area contributed by atoms with E-state index in [2.05, 4.69) is 10.1 Å². The summed E-state index contributed by atoms with van der Waals surface area (Å²) in [6.07, 6.45) is -4.04. The molecule has 0 N–H and O–H groups in total. The van der Waals surface area contributed by atoms with Crippen molar-refractivity contribution in [1.29, 1.82) is 0 Å². The van der Waals surface area contributed by atoms with Crippen LogP contribution in [0, 0.1) is 5.92 Å². The van der Waals surface area contributed by atoms with Gasteiger partial charge < -0.3 is 4.52 Å². The van der Waals surface area contributed by atoms with Gasteiger partial charge in [0.05, 0.1) is 17.0 Å². The molecule has 0 radical (unpaired) electrons. The van der Waals surface area contributed by atoms with Crippen LogP contribution in [0.3, 0.4) is 0 Å². The molecule has 11 heteroatoms. The lowest BCUT2D eigenvalue weighted by molar-refractivity contribution is -0.139. The van der Waals surface area contributed by atoms with Crippen molar-refractivity contribution in [2.24, 2.45) is 5.92 Å². The third kappa shape index (κ3) is 5.14. The van der Waals surface area contributed by atoms with Crippen LogP contribution in [-0.2, 0) is 29.2 Å². The number of hydrogen-bond donors (Lipinski definition) is 0.